The van der Waals surface area contributed by atoms with Gasteiger partial charge in [0.2, 0.25) is 5.95 Å². The molecule has 1 aliphatic carbocycles. The number of nitrogens with zero attached hydrogens (tertiary/aromatic N) is 3. The number of aliphatic hydroxyl groups excluding tert-OH is 1. The normalized spacial score (nSPS) is 22.8. The first-order valence-electron chi connectivity index (χ1n) is 10.6. The fraction of sp³-hybridized carbons (Fsp3) is 0.435. The van der Waals surface area contributed by atoms with Crippen LogP contribution < -0.4 is 5.32 Å². The highest BCUT2D eigenvalue weighted by Crippen LogP contribution is 2.51. The molecule has 1 aromatic carbocycles. The molecule has 0 bridgehead atoms. The first-order valence-corrected chi connectivity index (χ1v) is 11.4. The minimum Gasteiger partial charge on any atom is -0.392 e. The average Bonchev–Trinajstić information content (AvgIpc) is 3.22. The number of aryl methyl sites for hydroxylation is 1. The molecule has 1 saturated carbocycles. The van der Waals surface area contributed by atoms with Crippen molar-refractivity contribution in [3.8, 4) is 10.4 Å². The quantitative estimate of drug-likeness (QED) is 0.463. The van der Waals surface area contributed by atoms with E-state index in [2.05, 4.69) is 20.3 Å². The lowest BCUT2D eigenvalue weighted by Gasteiger charge is -2.48. The van der Waals surface area contributed by atoms with E-state index in [1.165, 1.54) is 11.3 Å². The van der Waals surface area contributed by atoms with Gasteiger partial charge in [-0.05, 0) is 55.5 Å². The van der Waals surface area contributed by atoms with E-state index in [1.807, 2.05) is 26.8 Å². The van der Waals surface area contributed by atoms with Crippen LogP contribution in [0.1, 0.15) is 49.4 Å². The maximum atomic E-state index is 13.0. The molecule has 0 saturated heterocycles. The fourth-order valence-electron chi connectivity index (χ4n) is 4.19. The molecule has 2 aromatic heterocycles. The summed E-state index contributed by atoms with van der Waals surface area (Å²) >= 11 is 1.35. The molecule has 0 radical (unpaired) electrons. The van der Waals surface area contributed by atoms with E-state index in [0.717, 1.165) is 28.3 Å². The molecule has 10 heteroatoms. The van der Waals surface area contributed by atoms with Gasteiger partial charge >= 0.3 is 6.18 Å². The predicted molar refractivity (Wildman–Crippen MR) is 120 cm³/mol. The van der Waals surface area contributed by atoms with Gasteiger partial charge in [0.1, 0.15) is 16.3 Å². The number of nitrogens with one attached hydrogen (secondary N) is 1. The minimum absolute atomic E-state index is 0.154. The molecule has 3 N–H and O–H groups in total. The Morgan fingerprint density at radius 2 is 1.94 bits per heavy atom. The van der Waals surface area contributed by atoms with Gasteiger partial charge in [0.05, 0.1) is 11.0 Å². The molecule has 0 aliphatic heterocycles. The number of hydrogen-bond acceptors (Lipinski definition) is 7. The van der Waals surface area contributed by atoms with E-state index in [0.29, 0.717) is 30.0 Å². The third kappa shape index (κ3) is 4.47. The summed E-state index contributed by atoms with van der Waals surface area (Å²) in [6.07, 6.45) is -0.608. The molecule has 2 heterocycles. The second kappa shape index (κ2) is 8.34. The second-order valence-electron chi connectivity index (χ2n) is 9.00. The SMILES string of the molecule is Cc1cc(Nc2nccc(C(F)(F)F)n2)cc(-c2cnc([C@]3(O)CCC[C@H](O)C3(C)C)s2)c1. The molecule has 176 valence electrons. The van der Waals surface area contributed by atoms with Crippen LogP contribution in [0.3, 0.4) is 0 Å². The number of thiazole rings is 1. The Balaban J connectivity index is 1.64. The zero-order chi connectivity index (χ0) is 24.0. The van der Waals surface area contributed by atoms with Crippen LogP contribution in [0.2, 0.25) is 0 Å². The summed E-state index contributed by atoms with van der Waals surface area (Å²) in [5, 5.41) is 25.3. The van der Waals surface area contributed by atoms with Crippen LogP contribution in [-0.4, -0.2) is 31.3 Å². The summed E-state index contributed by atoms with van der Waals surface area (Å²) in [6.45, 7) is 5.57. The Kier molecular flexibility index (Phi) is 5.96. The number of aromatic nitrogens is 3. The monoisotopic (exact) mass is 478 g/mol. The Morgan fingerprint density at radius 3 is 2.67 bits per heavy atom. The summed E-state index contributed by atoms with van der Waals surface area (Å²) in [5.41, 5.74) is -0.808. The van der Waals surface area contributed by atoms with E-state index in [1.54, 1.807) is 18.3 Å². The number of hydrogen-bond donors (Lipinski definition) is 3. The van der Waals surface area contributed by atoms with Crippen LogP contribution in [0.4, 0.5) is 24.8 Å². The van der Waals surface area contributed by atoms with Gasteiger partial charge in [0.25, 0.3) is 0 Å². The van der Waals surface area contributed by atoms with Crippen LogP contribution in [0.25, 0.3) is 10.4 Å². The van der Waals surface area contributed by atoms with Crippen molar-refractivity contribution in [2.45, 2.75) is 57.9 Å². The number of halogens is 3. The van der Waals surface area contributed by atoms with Gasteiger partial charge in [-0.15, -0.1) is 11.3 Å². The topological polar surface area (TPSA) is 91.2 Å². The highest BCUT2D eigenvalue weighted by molar-refractivity contribution is 7.15. The van der Waals surface area contributed by atoms with Crippen molar-refractivity contribution < 1.29 is 23.4 Å². The Hall–Kier alpha value is -2.56. The van der Waals surface area contributed by atoms with E-state index in [-0.39, 0.29) is 5.95 Å². The lowest BCUT2D eigenvalue weighted by molar-refractivity contribution is -0.161. The van der Waals surface area contributed by atoms with Crippen LogP contribution in [0.15, 0.2) is 36.7 Å². The first-order chi connectivity index (χ1) is 15.4. The van der Waals surface area contributed by atoms with Crippen LogP contribution in [-0.2, 0) is 11.8 Å². The maximum absolute atomic E-state index is 13.0. The van der Waals surface area contributed by atoms with Crippen molar-refractivity contribution in [3.05, 3.63) is 52.9 Å². The number of alkyl halides is 3. The summed E-state index contributed by atoms with van der Waals surface area (Å²) in [5.74, 6) is -0.154. The van der Waals surface area contributed by atoms with Crippen molar-refractivity contribution in [1.82, 2.24) is 15.0 Å². The van der Waals surface area contributed by atoms with Crippen molar-refractivity contribution in [2.75, 3.05) is 5.32 Å². The lowest BCUT2D eigenvalue weighted by atomic mass is 9.64. The Bertz CT molecular complexity index is 1160. The van der Waals surface area contributed by atoms with Crippen molar-refractivity contribution >= 4 is 23.0 Å². The average molecular weight is 479 g/mol. The number of benzene rings is 1. The third-order valence-electron chi connectivity index (χ3n) is 6.34. The molecule has 0 unspecified atom stereocenters. The van der Waals surface area contributed by atoms with Crippen molar-refractivity contribution in [1.29, 1.82) is 0 Å². The van der Waals surface area contributed by atoms with E-state index >= 15 is 0 Å². The summed E-state index contributed by atoms with van der Waals surface area (Å²) < 4.78 is 38.9. The number of anilines is 2. The minimum atomic E-state index is -4.56. The maximum Gasteiger partial charge on any atom is 0.433 e. The standard InChI is InChI=1S/C23H25F3N4O2S/c1-13-9-14(11-15(10-13)29-20-27-8-6-17(30-20)23(24,25)26)16-12-28-19(33-16)22(32)7-4-5-18(31)21(22,2)3/h6,8-12,18,31-32H,4-5,7H2,1-3H3,(H,27,29,30)/t18-,22+/m0/s1. The molecule has 4 rings (SSSR count). The van der Waals surface area contributed by atoms with E-state index in [9.17, 15) is 23.4 Å². The highest BCUT2D eigenvalue weighted by Gasteiger charge is 2.53. The fourth-order valence-corrected chi connectivity index (χ4v) is 5.38. The largest absolute Gasteiger partial charge is 0.433 e. The van der Waals surface area contributed by atoms with Crippen LogP contribution >= 0.6 is 11.3 Å². The molecule has 1 aliphatic rings. The number of aliphatic hydroxyl groups is 2. The van der Waals surface area contributed by atoms with Gasteiger partial charge in [-0.2, -0.15) is 13.2 Å². The highest BCUT2D eigenvalue weighted by atomic mass is 32.1. The number of rotatable bonds is 4. The zero-order valence-corrected chi connectivity index (χ0v) is 19.3. The van der Waals surface area contributed by atoms with Crippen molar-refractivity contribution in [3.63, 3.8) is 0 Å². The molecular weight excluding hydrogens is 453 g/mol. The van der Waals surface area contributed by atoms with Gasteiger partial charge in [0, 0.05) is 23.5 Å². The summed E-state index contributed by atoms with van der Waals surface area (Å²) in [6, 6.07) is 6.31. The first kappa shape index (κ1) is 23.6. The van der Waals surface area contributed by atoms with Crippen LogP contribution in [0.5, 0.6) is 0 Å². The molecule has 2 atom stereocenters. The van der Waals surface area contributed by atoms with Gasteiger partial charge in [-0.3, -0.25) is 0 Å². The smallest absolute Gasteiger partial charge is 0.392 e. The van der Waals surface area contributed by atoms with Gasteiger partial charge in [-0.1, -0.05) is 19.9 Å². The molecule has 6 nitrogen and oxygen atoms in total. The summed E-state index contributed by atoms with van der Waals surface area (Å²) in [4.78, 5) is 12.7. The lowest BCUT2D eigenvalue weighted by Crippen LogP contribution is -2.52. The Morgan fingerprint density at radius 1 is 1.18 bits per heavy atom. The third-order valence-corrected chi connectivity index (χ3v) is 7.54. The van der Waals surface area contributed by atoms with E-state index in [4.69, 9.17) is 0 Å². The van der Waals surface area contributed by atoms with Gasteiger partial charge < -0.3 is 15.5 Å². The summed E-state index contributed by atoms with van der Waals surface area (Å²) in [7, 11) is 0. The van der Waals surface area contributed by atoms with Gasteiger partial charge in [-0.25, -0.2) is 15.0 Å². The Labute approximate surface area is 193 Å². The molecule has 0 amide bonds. The zero-order valence-electron chi connectivity index (χ0n) is 18.4. The van der Waals surface area contributed by atoms with Crippen molar-refractivity contribution in [2.24, 2.45) is 5.41 Å². The van der Waals surface area contributed by atoms with E-state index < -0.39 is 29.0 Å². The second-order valence-corrected chi connectivity index (χ2v) is 10.0. The molecule has 33 heavy (non-hydrogen) atoms. The molecular formula is C23H25F3N4O2S. The van der Waals surface area contributed by atoms with Gasteiger partial charge in [0.15, 0.2) is 0 Å². The predicted octanol–water partition coefficient (Wildman–Crippen LogP) is 5.43. The molecule has 0 spiro atoms. The molecule has 1 fully saturated rings. The van der Waals surface area contributed by atoms with Crippen LogP contribution in [0, 0.1) is 12.3 Å². The molecule has 3 aromatic rings.